The highest BCUT2D eigenvalue weighted by Gasteiger charge is 2.36. The van der Waals surface area contributed by atoms with Gasteiger partial charge in [0.05, 0.1) is 20.6 Å². The molecule has 0 spiro atoms. The predicted molar refractivity (Wildman–Crippen MR) is 126 cm³/mol. The quantitative estimate of drug-likeness (QED) is 0.460. The Hall–Kier alpha value is -3.38. The molecule has 1 aromatic heterocycles. The number of nitrogens with zero attached hydrogens (tertiary/aromatic N) is 1. The summed E-state index contributed by atoms with van der Waals surface area (Å²) in [4.78, 5) is 18.4. The van der Waals surface area contributed by atoms with Crippen molar-refractivity contribution in [3.8, 4) is 11.5 Å². The molecule has 0 bridgehead atoms. The van der Waals surface area contributed by atoms with E-state index in [0.717, 1.165) is 32.1 Å². The second-order valence-corrected chi connectivity index (χ2v) is 9.19. The summed E-state index contributed by atoms with van der Waals surface area (Å²) in [6.45, 7) is 3.41. The molecule has 6 heteroatoms. The van der Waals surface area contributed by atoms with Crippen LogP contribution < -0.4 is 14.8 Å². The monoisotopic (exact) mass is 444 g/mol. The number of amides is 1. The number of rotatable bonds is 6. The van der Waals surface area contributed by atoms with Crippen LogP contribution in [0.1, 0.15) is 23.1 Å². The molecule has 162 valence electrons. The lowest BCUT2D eigenvalue weighted by molar-refractivity contribution is -0.126. The smallest absolute Gasteiger partial charge is 0.231 e. The fourth-order valence-corrected chi connectivity index (χ4v) is 5.18. The molecule has 1 amide bonds. The lowest BCUT2D eigenvalue weighted by Gasteiger charge is -2.29. The molecule has 0 fully saturated rings. The van der Waals surface area contributed by atoms with Crippen LogP contribution >= 0.6 is 11.3 Å². The minimum Gasteiger partial charge on any atom is -0.486 e. The Balaban J connectivity index is 1.42. The Labute approximate surface area is 191 Å². The molecule has 1 unspecified atom stereocenters. The first-order valence-electron chi connectivity index (χ1n) is 10.7. The highest BCUT2D eigenvalue weighted by atomic mass is 32.1. The van der Waals surface area contributed by atoms with Crippen molar-refractivity contribution in [3.63, 3.8) is 0 Å². The summed E-state index contributed by atoms with van der Waals surface area (Å²) < 4.78 is 12.6. The lowest BCUT2D eigenvalue weighted by Crippen LogP contribution is -2.43. The topological polar surface area (TPSA) is 60.5 Å². The van der Waals surface area contributed by atoms with E-state index in [9.17, 15) is 4.79 Å². The van der Waals surface area contributed by atoms with Crippen molar-refractivity contribution in [2.75, 3.05) is 13.2 Å². The number of para-hydroxylation sites is 2. The van der Waals surface area contributed by atoms with E-state index in [1.54, 1.807) is 11.3 Å². The second-order valence-electron chi connectivity index (χ2n) is 8.07. The number of carbonyl (C=O) groups is 1. The Morgan fingerprint density at radius 3 is 2.62 bits per heavy atom. The average Bonchev–Trinajstić information content (AvgIpc) is 3.25. The molecule has 0 saturated carbocycles. The Bertz CT molecular complexity index is 1220. The van der Waals surface area contributed by atoms with E-state index >= 15 is 0 Å². The Kier molecular flexibility index (Phi) is 5.53. The number of nitrogens with one attached hydrogen (secondary N) is 1. The fraction of sp³-hybridized carbons (Fsp3) is 0.231. The third-order valence-electron chi connectivity index (χ3n) is 5.84. The molecule has 1 aliphatic rings. The maximum Gasteiger partial charge on any atom is 0.231 e. The molecule has 2 heterocycles. The van der Waals surface area contributed by atoms with Gasteiger partial charge in [-0.1, -0.05) is 54.6 Å². The molecule has 1 atom stereocenters. The number of ether oxygens (including phenoxy) is 2. The van der Waals surface area contributed by atoms with Crippen molar-refractivity contribution in [1.82, 2.24) is 10.3 Å². The molecular weight excluding hydrogens is 420 g/mol. The third kappa shape index (κ3) is 3.94. The van der Waals surface area contributed by atoms with Gasteiger partial charge in [-0.3, -0.25) is 4.79 Å². The van der Waals surface area contributed by atoms with Crippen LogP contribution in [0.2, 0.25) is 0 Å². The van der Waals surface area contributed by atoms with Gasteiger partial charge in [0.1, 0.15) is 13.2 Å². The van der Waals surface area contributed by atoms with Crippen LogP contribution in [0.5, 0.6) is 11.5 Å². The highest BCUT2D eigenvalue weighted by Crippen LogP contribution is 2.35. The number of carbonyl (C=O) groups excluding carboxylic acids is 1. The van der Waals surface area contributed by atoms with E-state index in [1.807, 2.05) is 73.7 Å². The minimum absolute atomic E-state index is 0.0442. The summed E-state index contributed by atoms with van der Waals surface area (Å²) in [5.41, 5.74) is 2.08. The summed E-state index contributed by atoms with van der Waals surface area (Å²) in [6.07, 6.45) is 0.523. The SMILES string of the molecule is CC(Cc1nc2ccccc2s1)(C(=O)NCc1cccc2c1OCCO2)c1ccccc1. The highest BCUT2D eigenvalue weighted by molar-refractivity contribution is 7.18. The van der Waals surface area contributed by atoms with Crippen LogP contribution in [0.15, 0.2) is 72.8 Å². The molecule has 0 saturated heterocycles. The molecule has 1 aliphatic heterocycles. The van der Waals surface area contributed by atoms with Crippen molar-refractivity contribution in [2.45, 2.75) is 25.3 Å². The van der Waals surface area contributed by atoms with Crippen molar-refractivity contribution in [2.24, 2.45) is 0 Å². The summed E-state index contributed by atoms with van der Waals surface area (Å²) >= 11 is 1.64. The van der Waals surface area contributed by atoms with Crippen LogP contribution in [0, 0.1) is 0 Å². The summed E-state index contributed by atoms with van der Waals surface area (Å²) in [5, 5.41) is 4.09. The number of benzene rings is 3. The van der Waals surface area contributed by atoms with Gasteiger partial charge in [0, 0.05) is 18.5 Å². The number of aromatic nitrogens is 1. The van der Waals surface area contributed by atoms with E-state index in [4.69, 9.17) is 14.5 Å². The number of fused-ring (bicyclic) bond motifs is 2. The van der Waals surface area contributed by atoms with Gasteiger partial charge in [-0.25, -0.2) is 4.98 Å². The van der Waals surface area contributed by atoms with Gasteiger partial charge in [0.25, 0.3) is 0 Å². The van der Waals surface area contributed by atoms with Crippen molar-refractivity contribution in [3.05, 3.63) is 88.9 Å². The van der Waals surface area contributed by atoms with E-state index in [1.165, 1.54) is 0 Å². The molecule has 3 aromatic carbocycles. The number of hydrogen-bond acceptors (Lipinski definition) is 5. The van der Waals surface area contributed by atoms with E-state index in [2.05, 4.69) is 11.4 Å². The van der Waals surface area contributed by atoms with Crippen LogP contribution in [-0.2, 0) is 23.2 Å². The first-order chi connectivity index (χ1) is 15.6. The Morgan fingerprint density at radius 2 is 1.78 bits per heavy atom. The third-order valence-corrected chi connectivity index (χ3v) is 6.88. The van der Waals surface area contributed by atoms with Crippen molar-refractivity contribution >= 4 is 27.5 Å². The molecule has 32 heavy (non-hydrogen) atoms. The summed E-state index contributed by atoms with van der Waals surface area (Å²) in [6, 6.07) is 23.8. The van der Waals surface area contributed by atoms with Crippen LogP contribution in [0.3, 0.4) is 0 Å². The van der Waals surface area contributed by atoms with Crippen molar-refractivity contribution in [1.29, 1.82) is 0 Å². The van der Waals surface area contributed by atoms with Gasteiger partial charge in [0.15, 0.2) is 11.5 Å². The molecule has 1 N–H and O–H groups in total. The first-order valence-corrected chi connectivity index (χ1v) is 11.5. The Morgan fingerprint density at radius 1 is 1.00 bits per heavy atom. The molecule has 5 rings (SSSR count). The van der Waals surface area contributed by atoms with E-state index < -0.39 is 5.41 Å². The molecular formula is C26H24N2O3S. The molecule has 0 aliphatic carbocycles. The van der Waals surface area contributed by atoms with Crippen LogP contribution in [-0.4, -0.2) is 24.1 Å². The van der Waals surface area contributed by atoms with Gasteiger partial charge >= 0.3 is 0 Å². The number of thiazole rings is 1. The predicted octanol–water partition coefficient (Wildman–Crippen LogP) is 4.88. The van der Waals surface area contributed by atoms with E-state index in [0.29, 0.717) is 31.9 Å². The summed E-state index contributed by atoms with van der Waals surface area (Å²) in [7, 11) is 0. The lowest BCUT2D eigenvalue weighted by atomic mass is 9.78. The minimum atomic E-state index is -0.763. The van der Waals surface area contributed by atoms with Crippen molar-refractivity contribution < 1.29 is 14.3 Å². The largest absolute Gasteiger partial charge is 0.486 e. The number of hydrogen-bond donors (Lipinski definition) is 1. The maximum atomic E-state index is 13.6. The normalized spacial score (nSPS) is 14.7. The van der Waals surface area contributed by atoms with Gasteiger partial charge in [0.2, 0.25) is 5.91 Å². The molecule has 5 nitrogen and oxygen atoms in total. The summed E-state index contributed by atoms with van der Waals surface area (Å²) in [5.74, 6) is 1.40. The van der Waals surface area contributed by atoms with Crippen LogP contribution in [0.25, 0.3) is 10.2 Å². The van der Waals surface area contributed by atoms with Crippen LogP contribution in [0.4, 0.5) is 0 Å². The first kappa shape index (κ1) is 20.5. The molecule has 0 radical (unpaired) electrons. The zero-order valence-electron chi connectivity index (χ0n) is 17.8. The van der Waals surface area contributed by atoms with Gasteiger partial charge in [-0.05, 0) is 30.7 Å². The maximum absolute atomic E-state index is 13.6. The molecule has 4 aromatic rings. The van der Waals surface area contributed by atoms with Gasteiger partial charge in [-0.15, -0.1) is 11.3 Å². The van der Waals surface area contributed by atoms with Gasteiger partial charge < -0.3 is 14.8 Å². The standard InChI is InChI=1S/C26H24N2O3S/c1-26(19-9-3-2-4-10-19,16-23-28-20-11-5-6-13-22(20)32-23)25(29)27-17-18-8-7-12-21-24(18)31-15-14-30-21/h2-13H,14-17H2,1H3,(H,27,29). The average molecular weight is 445 g/mol. The zero-order chi connectivity index (χ0) is 22.0. The second kappa shape index (κ2) is 8.63. The van der Waals surface area contributed by atoms with E-state index in [-0.39, 0.29) is 5.91 Å². The van der Waals surface area contributed by atoms with Gasteiger partial charge in [-0.2, -0.15) is 0 Å². The fourth-order valence-electron chi connectivity index (χ4n) is 4.06. The zero-order valence-corrected chi connectivity index (χ0v) is 18.7.